The molecule has 0 radical (unpaired) electrons. The van der Waals surface area contributed by atoms with Gasteiger partial charge < -0.3 is 4.74 Å². The first-order chi connectivity index (χ1) is 6.05. The predicted octanol–water partition coefficient (Wildman–Crippen LogP) is 0.937. The second kappa shape index (κ2) is 4.00. The minimum Gasteiger partial charge on any atom is -0.468 e. The molecule has 0 amide bonds. The van der Waals surface area contributed by atoms with Crippen LogP contribution in [0.2, 0.25) is 0 Å². The molecule has 0 bridgehead atoms. The van der Waals surface area contributed by atoms with Crippen LogP contribution in [0.3, 0.4) is 0 Å². The Labute approximate surface area is 75.4 Å². The van der Waals surface area contributed by atoms with Crippen LogP contribution < -0.4 is 5.32 Å². The van der Waals surface area contributed by atoms with Crippen molar-refractivity contribution in [2.45, 2.75) is 31.2 Å². The van der Waals surface area contributed by atoms with E-state index in [1.807, 2.05) is 0 Å². The van der Waals surface area contributed by atoms with Gasteiger partial charge in [-0.3, -0.25) is 10.1 Å². The van der Waals surface area contributed by atoms with E-state index in [1.54, 1.807) is 0 Å². The Morgan fingerprint density at radius 3 is 2.92 bits per heavy atom. The molecular formula is C8H13F2NO2. The van der Waals surface area contributed by atoms with Gasteiger partial charge in [-0.2, -0.15) is 0 Å². The zero-order valence-electron chi connectivity index (χ0n) is 7.48. The summed E-state index contributed by atoms with van der Waals surface area (Å²) in [6.07, 6.45) is 0.607. The van der Waals surface area contributed by atoms with Gasteiger partial charge in [0.2, 0.25) is 0 Å². The maximum absolute atomic E-state index is 12.8. The minimum absolute atomic E-state index is 0.159. The van der Waals surface area contributed by atoms with E-state index in [-0.39, 0.29) is 6.42 Å². The highest BCUT2D eigenvalue weighted by atomic mass is 19.3. The molecule has 1 unspecified atom stereocenters. The summed E-state index contributed by atoms with van der Waals surface area (Å²) in [5, 5.41) is 2.50. The lowest BCUT2D eigenvalue weighted by Crippen LogP contribution is -2.41. The molecule has 0 aromatic rings. The van der Waals surface area contributed by atoms with Gasteiger partial charge in [0, 0.05) is 6.42 Å². The van der Waals surface area contributed by atoms with Crippen LogP contribution in [0.25, 0.3) is 0 Å². The molecule has 0 aromatic carbocycles. The van der Waals surface area contributed by atoms with E-state index in [9.17, 15) is 13.6 Å². The third-order valence-corrected chi connectivity index (χ3v) is 2.13. The van der Waals surface area contributed by atoms with Crippen LogP contribution in [0.5, 0.6) is 0 Å². The fourth-order valence-corrected chi connectivity index (χ4v) is 1.37. The number of ether oxygens (including phenoxy) is 1. The highest BCUT2D eigenvalue weighted by Gasteiger charge is 2.34. The molecule has 1 heterocycles. The first kappa shape index (κ1) is 10.4. The lowest BCUT2D eigenvalue weighted by Gasteiger charge is -2.14. The Morgan fingerprint density at radius 1 is 1.62 bits per heavy atom. The second-order valence-electron chi connectivity index (χ2n) is 3.20. The summed E-state index contributed by atoms with van der Waals surface area (Å²) in [6.45, 7) is -0.438. The van der Waals surface area contributed by atoms with Crippen molar-refractivity contribution in [1.29, 1.82) is 0 Å². The lowest BCUT2D eigenvalue weighted by molar-refractivity contribution is -0.143. The van der Waals surface area contributed by atoms with Crippen LogP contribution in [0.15, 0.2) is 0 Å². The molecular weight excluding hydrogens is 180 g/mol. The maximum atomic E-state index is 12.8. The largest absolute Gasteiger partial charge is 0.468 e. The number of carbonyl (C=O) groups excluding carboxylic acids is 1. The van der Waals surface area contributed by atoms with Crippen molar-refractivity contribution in [3.8, 4) is 0 Å². The number of rotatable bonds is 1. The van der Waals surface area contributed by atoms with E-state index < -0.39 is 24.5 Å². The topological polar surface area (TPSA) is 38.3 Å². The molecule has 1 aliphatic rings. The van der Waals surface area contributed by atoms with Crippen molar-refractivity contribution in [1.82, 2.24) is 5.32 Å². The highest BCUT2D eigenvalue weighted by Crippen LogP contribution is 2.24. The fraction of sp³-hybridized carbons (Fsp3) is 0.875. The van der Waals surface area contributed by atoms with Crippen LogP contribution in [-0.4, -0.2) is 31.6 Å². The number of alkyl halides is 2. The Morgan fingerprint density at radius 2 is 2.31 bits per heavy atom. The number of hydrogen-bond donors (Lipinski definition) is 1. The summed E-state index contributed by atoms with van der Waals surface area (Å²) >= 11 is 0. The van der Waals surface area contributed by atoms with Gasteiger partial charge in [0.05, 0.1) is 13.7 Å². The van der Waals surface area contributed by atoms with Gasteiger partial charge in [-0.1, -0.05) is 0 Å². The van der Waals surface area contributed by atoms with E-state index in [0.29, 0.717) is 12.8 Å². The Bertz CT molecular complexity index is 197. The molecule has 3 nitrogen and oxygen atoms in total. The van der Waals surface area contributed by atoms with Crippen molar-refractivity contribution >= 4 is 5.97 Å². The molecule has 0 spiro atoms. The average molecular weight is 193 g/mol. The first-order valence-electron chi connectivity index (χ1n) is 4.24. The molecule has 1 atom stereocenters. The van der Waals surface area contributed by atoms with E-state index >= 15 is 0 Å². The SMILES string of the molecule is COC(=O)C1CCCC(F)(F)CN1. The van der Waals surface area contributed by atoms with Crippen LogP contribution in [-0.2, 0) is 9.53 Å². The normalized spacial score (nSPS) is 27.8. The number of nitrogens with one attached hydrogen (secondary N) is 1. The third kappa shape index (κ3) is 2.91. The molecule has 5 heteroatoms. The molecule has 1 rings (SSSR count). The number of esters is 1. The molecule has 0 aromatic heterocycles. The zero-order valence-corrected chi connectivity index (χ0v) is 7.48. The van der Waals surface area contributed by atoms with Crippen LogP contribution in [0.4, 0.5) is 8.78 Å². The molecule has 76 valence electrons. The Balaban J connectivity index is 2.49. The van der Waals surface area contributed by atoms with Crippen molar-refractivity contribution < 1.29 is 18.3 Å². The van der Waals surface area contributed by atoms with E-state index in [0.717, 1.165) is 0 Å². The number of hydrogen-bond acceptors (Lipinski definition) is 3. The van der Waals surface area contributed by atoms with Crippen molar-refractivity contribution in [3.63, 3.8) is 0 Å². The van der Waals surface area contributed by atoms with Crippen molar-refractivity contribution in [3.05, 3.63) is 0 Å². The molecule has 1 saturated heterocycles. The predicted molar refractivity (Wildman–Crippen MR) is 42.6 cm³/mol. The summed E-state index contributed by atoms with van der Waals surface area (Å²) in [7, 11) is 1.26. The lowest BCUT2D eigenvalue weighted by atomic mass is 10.1. The van der Waals surface area contributed by atoms with Gasteiger partial charge in [0.1, 0.15) is 6.04 Å². The summed E-state index contributed by atoms with van der Waals surface area (Å²) < 4.78 is 30.0. The standard InChI is InChI=1S/C8H13F2NO2/c1-13-7(12)6-3-2-4-8(9,10)5-11-6/h6,11H,2-5H2,1H3. The summed E-state index contributed by atoms with van der Waals surface area (Å²) in [6, 6.07) is -0.571. The number of carbonyl (C=O) groups is 1. The number of halogens is 2. The Hall–Kier alpha value is -0.710. The average Bonchev–Trinajstić information content (AvgIpc) is 2.25. The Kier molecular flexibility index (Phi) is 3.19. The van der Waals surface area contributed by atoms with Crippen LogP contribution in [0.1, 0.15) is 19.3 Å². The quantitative estimate of drug-likeness (QED) is 0.630. The summed E-state index contributed by atoms with van der Waals surface area (Å²) in [5.74, 6) is -3.15. The van der Waals surface area contributed by atoms with Gasteiger partial charge in [-0.25, -0.2) is 8.78 Å². The van der Waals surface area contributed by atoms with Gasteiger partial charge >= 0.3 is 5.97 Å². The van der Waals surface area contributed by atoms with Gasteiger partial charge in [0.15, 0.2) is 0 Å². The van der Waals surface area contributed by atoms with Crippen LogP contribution >= 0.6 is 0 Å². The molecule has 0 saturated carbocycles. The molecule has 13 heavy (non-hydrogen) atoms. The van der Waals surface area contributed by atoms with E-state index in [1.165, 1.54) is 7.11 Å². The molecule has 1 N–H and O–H groups in total. The fourth-order valence-electron chi connectivity index (χ4n) is 1.37. The summed E-state index contributed by atoms with van der Waals surface area (Å²) in [5.41, 5.74) is 0. The third-order valence-electron chi connectivity index (χ3n) is 2.13. The maximum Gasteiger partial charge on any atom is 0.322 e. The van der Waals surface area contributed by atoms with Gasteiger partial charge in [0.25, 0.3) is 5.92 Å². The monoisotopic (exact) mass is 193 g/mol. The summed E-state index contributed by atoms with van der Waals surface area (Å²) in [4.78, 5) is 11.0. The first-order valence-corrected chi connectivity index (χ1v) is 4.24. The zero-order chi connectivity index (χ0) is 9.90. The van der Waals surface area contributed by atoms with Gasteiger partial charge in [-0.05, 0) is 12.8 Å². The van der Waals surface area contributed by atoms with E-state index in [2.05, 4.69) is 10.1 Å². The second-order valence-corrected chi connectivity index (χ2v) is 3.20. The van der Waals surface area contributed by atoms with Crippen LogP contribution in [0, 0.1) is 0 Å². The smallest absolute Gasteiger partial charge is 0.322 e. The highest BCUT2D eigenvalue weighted by molar-refractivity contribution is 5.75. The minimum atomic E-state index is -2.69. The molecule has 1 fully saturated rings. The van der Waals surface area contributed by atoms with Gasteiger partial charge in [-0.15, -0.1) is 0 Å². The number of methoxy groups -OCH3 is 1. The van der Waals surface area contributed by atoms with Crippen molar-refractivity contribution in [2.75, 3.05) is 13.7 Å². The van der Waals surface area contributed by atoms with Crippen molar-refractivity contribution in [2.24, 2.45) is 0 Å². The molecule has 1 aliphatic heterocycles. The molecule has 0 aliphatic carbocycles. The van der Waals surface area contributed by atoms with E-state index in [4.69, 9.17) is 0 Å².